The van der Waals surface area contributed by atoms with Gasteiger partial charge in [0.25, 0.3) is 0 Å². The number of ether oxygens (including phenoxy) is 1. The Balaban J connectivity index is 1.29. The molecule has 2 unspecified atom stereocenters. The fourth-order valence-electron chi connectivity index (χ4n) is 5.68. The van der Waals surface area contributed by atoms with Crippen molar-refractivity contribution in [2.24, 2.45) is 11.8 Å². The molecule has 0 spiro atoms. The first-order chi connectivity index (χ1) is 16.1. The normalized spacial score (nSPS) is 30.6. The highest BCUT2D eigenvalue weighted by Gasteiger charge is 2.52. The lowest BCUT2D eigenvalue weighted by atomic mass is 9.85. The average Bonchev–Trinajstić information content (AvgIpc) is 3.54. The molecule has 184 valence electrons. The highest BCUT2D eigenvalue weighted by Crippen LogP contribution is 2.48. The zero-order valence-corrected chi connectivity index (χ0v) is 20.7. The van der Waals surface area contributed by atoms with Crippen molar-refractivity contribution in [3.63, 3.8) is 0 Å². The second-order valence-electron chi connectivity index (χ2n) is 10.9. The van der Waals surface area contributed by atoms with Crippen LogP contribution in [-0.4, -0.2) is 64.5 Å². The molecule has 1 aromatic carbocycles. The third kappa shape index (κ3) is 4.43. The second-order valence-corrected chi connectivity index (χ2v) is 11.3. The minimum atomic E-state index is -1.35. The third-order valence-corrected chi connectivity index (χ3v) is 8.47. The zero-order chi connectivity index (χ0) is 24.3. The number of alkyl halides is 1. The van der Waals surface area contributed by atoms with Gasteiger partial charge in [-0.05, 0) is 88.2 Å². The zero-order valence-electron chi connectivity index (χ0n) is 20.0. The number of rotatable bonds is 5. The summed E-state index contributed by atoms with van der Waals surface area (Å²) in [6.45, 7) is 7.84. The van der Waals surface area contributed by atoms with Gasteiger partial charge < -0.3 is 15.2 Å². The van der Waals surface area contributed by atoms with Crippen molar-refractivity contribution >= 4 is 34.1 Å². The van der Waals surface area contributed by atoms with Crippen LogP contribution in [0.1, 0.15) is 51.5 Å². The van der Waals surface area contributed by atoms with Gasteiger partial charge in [0.05, 0.1) is 24.9 Å². The molecule has 34 heavy (non-hydrogen) atoms. The van der Waals surface area contributed by atoms with E-state index in [9.17, 15) is 14.3 Å². The third-order valence-electron chi connectivity index (χ3n) is 8.14. The number of carbonyl (C=O) groups is 1. The van der Waals surface area contributed by atoms with Gasteiger partial charge in [0.2, 0.25) is 5.91 Å². The summed E-state index contributed by atoms with van der Waals surface area (Å²) in [5.41, 5.74) is -0.568. The molecule has 3 aliphatic rings. The number of benzene rings is 1. The number of halogens is 2. The van der Waals surface area contributed by atoms with E-state index < -0.39 is 11.8 Å². The number of anilines is 1. The SMILES string of the molecule is CC(C)(F)C1CC1C(=O)Nc1cc2cc(C3CCN([C@]4(C)COC[C@@H]4O)CC3)c(Cl)cc2cn1. The number of aliphatic hydroxyl groups is 1. The summed E-state index contributed by atoms with van der Waals surface area (Å²) in [4.78, 5) is 19.3. The predicted molar refractivity (Wildman–Crippen MR) is 131 cm³/mol. The number of likely N-dealkylation sites (tertiary alicyclic amines) is 1. The van der Waals surface area contributed by atoms with Crippen LogP contribution in [0.25, 0.3) is 10.8 Å². The standard InChI is InChI=1S/C26H33ClFN3O3/c1-25(2,28)20-11-19(20)24(33)30-23-10-16-8-18(21(27)9-17(16)12-29-23)15-4-6-31(7-5-15)26(3)14-34-13-22(26)32/h8-10,12,15,19-20,22,32H,4-7,11,13-14H2,1-3H3,(H,29,30,33)/t19?,20?,22-,26+/m0/s1. The van der Waals surface area contributed by atoms with Crippen molar-refractivity contribution in [3.8, 4) is 0 Å². The summed E-state index contributed by atoms with van der Waals surface area (Å²) < 4.78 is 19.6. The Morgan fingerprint density at radius 1 is 1.29 bits per heavy atom. The van der Waals surface area contributed by atoms with E-state index >= 15 is 0 Å². The van der Waals surface area contributed by atoms with E-state index in [0.717, 1.165) is 47.3 Å². The lowest BCUT2D eigenvalue weighted by Crippen LogP contribution is -2.56. The van der Waals surface area contributed by atoms with Crippen molar-refractivity contribution in [2.45, 2.75) is 63.3 Å². The molecule has 3 fully saturated rings. The highest BCUT2D eigenvalue weighted by molar-refractivity contribution is 6.32. The molecule has 2 aliphatic heterocycles. The summed E-state index contributed by atoms with van der Waals surface area (Å²) >= 11 is 6.68. The van der Waals surface area contributed by atoms with Crippen molar-refractivity contribution in [1.29, 1.82) is 0 Å². The number of aromatic nitrogens is 1. The van der Waals surface area contributed by atoms with Gasteiger partial charge in [-0.25, -0.2) is 9.37 Å². The molecule has 5 rings (SSSR count). The molecule has 6 nitrogen and oxygen atoms in total. The van der Waals surface area contributed by atoms with Gasteiger partial charge >= 0.3 is 0 Å². The maximum atomic E-state index is 14.1. The first-order valence-electron chi connectivity index (χ1n) is 12.2. The Kier molecular flexibility index (Phi) is 6.12. The summed E-state index contributed by atoms with van der Waals surface area (Å²) in [5.74, 6) is 0.0979. The van der Waals surface area contributed by atoms with E-state index in [0.29, 0.717) is 31.4 Å². The van der Waals surface area contributed by atoms with Crippen LogP contribution in [0.15, 0.2) is 24.4 Å². The van der Waals surface area contributed by atoms with Crippen molar-refractivity contribution in [2.75, 3.05) is 31.6 Å². The predicted octanol–water partition coefficient (Wildman–Crippen LogP) is 4.54. The maximum absolute atomic E-state index is 14.1. The minimum absolute atomic E-state index is 0.171. The molecule has 8 heteroatoms. The van der Waals surface area contributed by atoms with Crippen molar-refractivity contribution < 1.29 is 19.0 Å². The van der Waals surface area contributed by atoms with Gasteiger partial charge in [-0.15, -0.1) is 0 Å². The molecule has 1 aliphatic carbocycles. The maximum Gasteiger partial charge on any atom is 0.229 e. The van der Waals surface area contributed by atoms with Crippen LogP contribution in [0, 0.1) is 11.8 Å². The lowest BCUT2D eigenvalue weighted by molar-refractivity contribution is -0.118. The number of nitrogens with one attached hydrogen (secondary N) is 1. The number of amides is 1. The highest BCUT2D eigenvalue weighted by atomic mass is 35.5. The van der Waals surface area contributed by atoms with Crippen LogP contribution in [0.5, 0.6) is 0 Å². The number of fused-ring (bicyclic) bond motifs is 1. The van der Waals surface area contributed by atoms with Crippen LogP contribution in [0.3, 0.4) is 0 Å². The van der Waals surface area contributed by atoms with Crippen molar-refractivity contribution in [3.05, 3.63) is 35.0 Å². The molecule has 2 saturated heterocycles. The summed E-state index contributed by atoms with van der Waals surface area (Å²) in [7, 11) is 0. The fourth-order valence-corrected chi connectivity index (χ4v) is 6.01. The number of piperidine rings is 1. The largest absolute Gasteiger partial charge is 0.389 e. The number of carbonyl (C=O) groups excluding carboxylic acids is 1. The van der Waals surface area contributed by atoms with Gasteiger partial charge in [-0.3, -0.25) is 9.69 Å². The number of nitrogens with zero attached hydrogens (tertiary/aromatic N) is 2. The number of aliphatic hydroxyl groups excluding tert-OH is 1. The Labute approximate surface area is 204 Å². The Hall–Kier alpha value is -1.80. The van der Waals surface area contributed by atoms with Crippen LogP contribution < -0.4 is 5.32 Å². The van der Waals surface area contributed by atoms with E-state index in [1.54, 1.807) is 6.20 Å². The molecule has 0 bridgehead atoms. The van der Waals surface area contributed by atoms with E-state index in [-0.39, 0.29) is 23.3 Å². The van der Waals surface area contributed by atoms with Crippen LogP contribution in [0.4, 0.5) is 10.2 Å². The monoisotopic (exact) mass is 489 g/mol. The van der Waals surface area contributed by atoms with Gasteiger partial charge in [-0.2, -0.15) is 0 Å². The smallest absolute Gasteiger partial charge is 0.229 e. The van der Waals surface area contributed by atoms with Crippen LogP contribution in [-0.2, 0) is 9.53 Å². The van der Waals surface area contributed by atoms with Gasteiger partial charge in [0.15, 0.2) is 0 Å². The van der Waals surface area contributed by atoms with E-state index in [4.69, 9.17) is 16.3 Å². The Bertz CT molecular complexity index is 1100. The van der Waals surface area contributed by atoms with Crippen molar-refractivity contribution in [1.82, 2.24) is 9.88 Å². The molecular weight excluding hydrogens is 457 g/mol. The molecule has 1 saturated carbocycles. The quantitative estimate of drug-likeness (QED) is 0.645. The summed E-state index contributed by atoms with van der Waals surface area (Å²) in [6.07, 6.45) is 3.73. The number of hydrogen-bond acceptors (Lipinski definition) is 5. The fraction of sp³-hybridized carbons (Fsp3) is 0.615. The molecule has 0 radical (unpaired) electrons. The Morgan fingerprint density at radius 3 is 2.65 bits per heavy atom. The van der Waals surface area contributed by atoms with Crippen LogP contribution in [0.2, 0.25) is 5.02 Å². The van der Waals surface area contributed by atoms with E-state index in [1.807, 2.05) is 12.1 Å². The first-order valence-corrected chi connectivity index (χ1v) is 12.5. The lowest BCUT2D eigenvalue weighted by Gasteiger charge is -2.43. The average molecular weight is 490 g/mol. The topological polar surface area (TPSA) is 74.7 Å². The molecule has 2 N–H and O–H groups in total. The molecule has 3 heterocycles. The van der Waals surface area contributed by atoms with E-state index in [1.165, 1.54) is 13.8 Å². The van der Waals surface area contributed by atoms with Crippen LogP contribution >= 0.6 is 11.6 Å². The van der Waals surface area contributed by atoms with Gasteiger partial charge in [-0.1, -0.05) is 11.6 Å². The molecule has 2 aromatic rings. The second kappa shape index (κ2) is 8.70. The van der Waals surface area contributed by atoms with E-state index in [2.05, 4.69) is 28.2 Å². The van der Waals surface area contributed by atoms with Gasteiger partial charge in [0.1, 0.15) is 11.5 Å². The number of pyridine rings is 1. The van der Waals surface area contributed by atoms with Gasteiger partial charge in [0, 0.05) is 28.4 Å². The molecular formula is C26H33ClFN3O3. The molecule has 4 atom stereocenters. The molecule has 1 aromatic heterocycles. The number of hydrogen-bond donors (Lipinski definition) is 2. The first kappa shape index (κ1) is 23.9. The molecule has 1 amide bonds. The Morgan fingerprint density at radius 2 is 2.03 bits per heavy atom. The summed E-state index contributed by atoms with van der Waals surface area (Å²) in [5, 5.41) is 15.9. The minimum Gasteiger partial charge on any atom is -0.389 e. The summed E-state index contributed by atoms with van der Waals surface area (Å²) in [6, 6.07) is 5.91.